The molecule has 0 spiro atoms. The number of carbonyl (C=O) groups is 2. The van der Waals surface area contributed by atoms with Crippen molar-refractivity contribution in [2.75, 3.05) is 0 Å². The van der Waals surface area contributed by atoms with E-state index in [1.54, 1.807) is 24.0 Å². The summed E-state index contributed by atoms with van der Waals surface area (Å²) in [7, 11) is 1.74. The predicted octanol–water partition coefficient (Wildman–Crippen LogP) is 1.18. The summed E-state index contributed by atoms with van der Waals surface area (Å²) in [6, 6.07) is 1.33. The number of carbonyl (C=O) groups excluding carboxylic acids is 1. The summed E-state index contributed by atoms with van der Waals surface area (Å²) in [6.45, 7) is 0. The number of carboxylic acids is 1. The molecule has 0 aliphatic heterocycles. The number of hydrogen-bond donors (Lipinski definition) is 2. The average molecular weight is 265 g/mol. The first kappa shape index (κ1) is 13.6. The SMILES string of the molecule is Cn1ccc(C(=O)NC2CCCCCC2C(=O)O)n1. The Morgan fingerprint density at radius 2 is 2.11 bits per heavy atom. The van der Waals surface area contributed by atoms with Gasteiger partial charge in [0.05, 0.1) is 5.92 Å². The topological polar surface area (TPSA) is 84.2 Å². The molecule has 0 bridgehead atoms. The summed E-state index contributed by atoms with van der Waals surface area (Å²) < 4.78 is 1.55. The molecule has 0 saturated heterocycles. The molecule has 0 aromatic carbocycles. The van der Waals surface area contributed by atoms with Gasteiger partial charge in [-0.25, -0.2) is 0 Å². The zero-order valence-electron chi connectivity index (χ0n) is 11.0. The fourth-order valence-corrected chi connectivity index (χ4v) is 2.55. The minimum absolute atomic E-state index is 0.293. The molecular weight excluding hydrogens is 246 g/mol. The molecule has 104 valence electrons. The van der Waals surface area contributed by atoms with Crippen molar-refractivity contribution < 1.29 is 14.7 Å². The van der Waals surface area contributed by atoms with Crippen molar-refractivity contribution in [2.45, 2.75) is 38.1 Å². The standard InChI is InChI=1S/C13H19N3O3/c1-16-8-7-11(15-16)12(17)14-10-6-4-2-3-5-9(10)13(18)19/h7-10H,2-6H2,1H3,(H,14,17)(H,18,19). The molecule has 1 amide bonds. The molecular formula is C13H19N3O3. The summed E-state index contributed by atoms with van der Waals surface area (Å²) in [5, 5.41) is 16.1. The zero-order valence-corrected chi connectivity index (χ0v) is 11.0. The fourth-order valence-electron chi connectivity index (χ4n) is 2.55. The smallest absolute Gasteiger partial charge is 0.308 e. The van der Waals surface area contributed by atoms with Crippen molar-refractivity contribution in [1.29, 1.82) is 0 Å². The second kappa shape index (κ2) is 5.86. The summed E-state index contributed by atoms with van der Waals surface area (Å²) >= 11 is 0. The Morgan fingerprint density at radius 1 is 1.37 bits per heavy atom. The van der Waals surface area contributed by atoms with E-state index < -0.39 is 11.9 Å². The number of nitrogens with one attached hydrogen (secondary N) is 1. The molecule has 1 saturated carbocycles. The van der Waals surface area contributed by atoms with E-state index in [-0.39, 0.29) is 11.9 Å². The van der Waals surface area contributed by atoms with Crippen LogP contribution >= 0.6 is 0 Å². The monoisotopic (exact) mass is 265 g/mol. The van der Waals surface area contributed by atoms with Gasteiger partial charge in [0.2, 0.25) is 0 Å². The third kappa shape index (κ3) is 3.33. The van der Waals surface area contributed by atoms with Crippen LogP contribution in [0, 0.1) is 5.92 Å². The van der Waals surface area contributed by atoms with Gasteiger partial charge in [-0.1, -0.05) is 19.3 Å². The van der Waals surface area contributed by atoms with E-state index in [0.29, 0.717) is 12.1 Å². The summed E-state index contributed by atoms with van der Waals surface area (Å²) in [4.78, 5) is 23.3. The first-order chi connectivity index (χ1) is 9.08. The maximum atomic E-state index is 12.0. The first-order valence-corrected chi connectivity index (χ1v) is 6.61. The minimum atomic E-state index is -0.826. The Kier molecular flexibility index (Phi) is 4.19. The van der Waals surface area contributed by atoms with Gasteiger partial charge in [0, 0.05) is 19.3 Å². The molecule has 2 rings (SSSR count). The Morgan fingerprint density at radius 3 is 2.74 bits per heavy atom. The quantitative estimate of drug-likeness (QED) is 0.804. The van der Waals surface area contributed by atoms with Gasteiger partial charge in [-0.2, -0.15) is 5.10 Å². The van der Waals surface area contributed by atoms with Crippen molar-refractivity contribution in [2.24, 2.45) is 13.0 Å². The first-order valence-electron chi connectivity index (χ1n) is 6.61. The highest BCUT2D eigenvalue weighted by atomic mass is 16.4. The molecule has 6 heteroatoms. The molecule has 2 unspecified atom stereocenters. The molecule has 6 nitrogen and oxygen atoms in total. The van der Waals surface area contributed by atoms with Crippen LogP contribution in [0.3, 0.4) is 0 Å². The highest BCUT2D eigenvalue weighted by molar-refractivity contribution is 5.92. The number of rotatable bonds is 3. The lowest BCUT2D eigenvalue weighted by Gasteiger charge is -2.22. The molecule has 2 atom stereocenters. The molecule has 2 N–H and O–H groups in total. The third-order valence-electron chi connectivity index (χ3n) is 3.60. The van der Waals surface area contributed by atoms with E-state index in [0.717, 1.165) is 25.7 Å². The Balaban J connectivity index is 2.06. The van der Waals surface area contributed by atoms with E-state index in [1.807, 2.05) is 0 Å². The van der Waals surface area contributed by atoms with Crippen LogP contribution in [0.5, 0.6) is 0 Å². The second-order valence-corrected chi connectivity index (χ2v) is 5.04. The highest BCUT2D eigenvalue weighted by Crippen LogP contribution is 2.24. The summed E-state index contributed by atoms with van der Waals surface area (Å²) in [5.74, 6) is -1.61. The van der Waals surface area contributed by atoms with Gasteiger partial charge in [0.15, 0.2) is 0 Å². The molecule has 1 heterocycles. The van der Waals surface area contributed by atoms with E-state index in [1.165, 1.54) is 0 Å². The van der Waals surface area contributed by atoms with Gasteiger partial charge in [0.1, 0.15) is 5.69 Å². The lowest BCUT2D eigenvalue weighted by molar-refractivity contribution is -0.142. The number of amides is 1. The van der Waals surface area contributed by atoms with Gasteiger partial charge in [0.25, 0.3) is 5.91 Å². The van der Waals surface area contributed by atoms with Crippen LogP contribution < -0.4 is 5.32 Å². The lowest BCUT2D eigenvalue weighted by atomic mass is 9.95. The van der Waals surface area contributed by atoms with Crippen molar-refractivity contribution in [3.05, 3.63) is 18.0 Å². The average Bonchev–Trinajstić information content (AvgIpc) is 2.65. The van der Waals surface area contributed by atoms with Gasteiger partial charge in [-0.15, -0.1) is 0 Å². The molecule has 1 aliphatic carbocycles. The maximum Gasteiger partial charge on any atom is 0.308 e. The van der Waals surface area contributed by atoms with E-state index in [2.05, 4.69) is 10.4 Å². The van der Waals surface area contributed by atoms with Gasteiger partial charge < -0.3 is 10.4 Å². The normalized spacial score (nSPS) is 23.6. The predicted molar refractivity (Wildman–Crippen MR) is 68.7 cm³/mol. The van der Waals surface area contributed by atoms with Crippen molar-refractivity contribution in [1.82, 2.24) is 15.1 Å². The number of hydrogen-bond acceptors (Lipinski definition) is 3. The molecule has 19 heavy (non-hydrogen) atoms. The largest absolute Gasteiger partial charge is 0.481 e. The number of aliphatic carboxylic acids is 1. The van der Waals surface area contributed by atoms with Gasteiger partial charge in [-0.3, -0.25) is 14.3 Å². The molecule has 1 aromatic heterocycles. The molecule has 1 aromatic rings. The van der Waals surface area contributed by atoms with Crippen molar-refractivity contribution in [3.8, 4) is 0 Å². The Labute approximate surface area is 111 Å². The Bertz CT molecular complexity index is 469. The molecule has 1 fully saturated rings. The lowest BCUT2D eigenvalue weighted by Crippen LogP contribution is -2.43. The molecule has 0 radical (unpaired) electrons. The van der Waals surface area contributed by atoms with E-state index >= 15 is 0 Å². The second-order valence-electron chi connectivity index (χ2n) is 5.04. The van der Waals surface area contributed by atoms with Crippen LogP contribution in [0.4, 0.5) is 0 Å². The molecule has 1 aliphatic rings. The Hall–Kier alpha value is -1.85. The minimum Gasteiger partial charge on any atom is -0.481 e. The van der Waals surface area contributed by atoms with E-state index in [9.17, 15) is 14.7 Å². The van der Waals surface area contributed by atoms with Crippen molar-refractivity contribution in [3.63, 3.8) is 0 Å². The third-order valence-corrected chi connectivity index (χ3v) is 3.60. The van der Waals surface area contributed by atoms with Crippen LogP contribution in [0.25, 0.3) is 0 Å². The van der Waals surface area contributed by atoms with Gasteiger partial charge in [-0.05, 0) is 18.9 Å². The number of carboxylic acid groups (broad SMARTS) is 1. The summed E-state index contributed by atoms with van der Waals surface area (Å²) in [6.07, 6.45) is 5.93. The zero-order chi connectivity index (χ0) is 13.8. The van der Waals surface area contributed by atoms with E-state index in [4.69, 9.17) is 0 Å². The van der Waals surface area contributed by atoms with Gasteiger partial charge >= 0.3 is 5.97 Å². The van der Waals surface area contributed by atoms with Crippen LogP contribution in [0.15, 0.2) is 12.3 Å². The van der Waals surface area contributed by atoms with Crippen LogP contribution in [0.2, 0.25) is 0 Å². The van der Waals surface area contributed by atoms with Crippen molar-refractivity contribution >= 4 is 11.9 Å². The fraction of sp³-hybridized carbons (Fsp3) is 0.615. The highest BCUT2D eigenvalue weighted by Gasteiger charge is 2.31. The maximum absolute atomic E-state index is 12.0. The number of aryl methyl sites for hydroxylation is 1. The van der Waals surface area contributed by atoms with Crippen LogP contribution in [0.1, 0.15) is 42.6 Å². The number of nitrogens with zero attached hydrogens (tertiary/aromatic N) is 2. The summed E-state index contributed by atoms with van der Waals surface area (Å²) in [5.41, 5.74) is 0.330. The van der Waals surface area contributed by atoms with Crippen LogP contribution in [-0.2, 0) is 11.8 Å². The number of aromatic nitrogens is 2. The van der Waals surface area contributed by atoms with Crippen LogP contribution in [-0.4, -0.2) is 32.8 Å².